The highest BCUT2D eigenvalue weighted by Crippen LogP contribution is 2.22. The van der Waals surface area contributed by atoms with E-state index in [0.717, 1.165) is 4.90 Å². The van der Waals surface area contributed by atoms with Crippen LogP contribution in [0.2, 0.25) is 5.02 Å². The van der Waals surface area contributed by atoms with E-state index in [1.165, 1.54) is 12.1 Å². The van der Waals surface area contributed by atoms with Crippen molar-refractivity contribution in [3.8, 4) is 0 Å². The Morgan fingerprint density at radius 3 is 2.00 bits per heavy atom. The van der Waals surface area contributed by atoms with Crippen LogP contribution >= 0.6 is 23.8 Å². The van der Waals surface area contributed by atoms with Crippen LogP contribution in [0.15, 0.2) is 48.5 Å². The molecular formula is C16H9ClN2O3S. The molecule has 1 aliphatic heterocycles. The summed E-state index contributed by atoms with van der Waals surface area (Å²) in [6.45, 7) is 0. The first kappa shape index (κ1) is 15.3. The minimum Gasteiger partial charge on any atom is -0.298 e. The van der Waals surface area contributed by atoms with Crippen molar-refractivity contribution in [3.63, 3.8) is 0 Å². The second kappa shape index (κ2) is 5.91. The Morgan fingerprint density at radius 1 is 0.957 bits per heavy atom. The molecule has 23 heavy (non-hydrogen) atoms. The van der Waals surface area contributed by atoms with E-state index in [-0.39, 0.29) is 16.2 Å². The Balaban J connectivity index is 1.79. The van der Waals surface area contributed by atoms with Crippen molar-refractivity contribution >= 4 is 46.7 Å². The van der Waals surface area contributed by atoms with Gasteiger partial charge < -0.3 is 0 Å². The van der Waals surface area contributed by atoms with Crippen LogP contribution in [0.4, 0.5) is 0 Å². The zero-order chi connectivity index (χ0) is 16.6. The summed E-state index contributed by atoms with van der Waals surface area (Å²) >= 11 is 10.8. The number of imide groups is 1. The highest BCUT2D eigenvalue weighted by molar-refractivity contribution is 7.80. The van der Waals surface area contributed by atoms with Crippen LogP contribution in [0.25, 0.3) is 0 Å². The van der Waals surface area contributed by atoms with Gasteiger partial charge in [0.15, 0.2) is 5.11 Å². The maximum atomic E-state index is 12.3. The predicted molar refractivity (Wildman–Crippen MR) is 88.5 cm³/mol. The molecule has 0 unspecified atom stereocenters. The minimum atomic E-state index is -0.549. The van der Waals surface area contributed by atoms with Gasteiger partial charge in [0, 0.05) is 10.6 Å². The van der Waals surface area contributed by atoms with E-state index in [2.05, 4.69) is 5.32 Å². The zero-order valence-corrected chi connectivity index (χ0v) is 13.1. The smallest absolute Gasteiger partial charge is 0.267 e. The lowest BCUT2D eigenvalue weighted by Gasteiger charge is -2.15. The number of fused-ring (bicyclic) bond motifs is 1. The molecule has 0 radical (unpaired) electrons. The lowest BCUT2D eigenvalue weighted by Crippen LogP contribution is -2.45. The maximum Gasteiger partial charge on any atom is 0.267 e. The zero-order valence-electron chi connectivity index (χ0n) is 11.6. The Kier molecular flexibility index (Phi) is 3.94. The van der Waals surface area contributed by atoms with E-state index in [0.29, 0.717) is 10.6 Å². The number of rotatable bonds is 1. The molecule has 0 bridgehead atoms. The molecule has 0 atom stereocenters. The topological polar surface area (TPSA) is 66.5 Å². The first-order valence-corrected chi connectivity index (χ1v) is 7.36. The van der Waals surface area contributed by atoms with Crippen molar-refractivity contribution in [1.82, 2.24) is 10.2 Å². The Bertz CT molecular complexity index is 814. The summed E-state index contributed by atoms with van der Waals surface area (Å²) in [5.41, 5.74) is 0.842. The Hall–Kier alpha value is -2.57. The predicted octanol–water partition coefficient (Wildman–Crippen LogP) is 2.65. The highest BCUT2D eigenvalue weighted by Gasteiger charge is 2.38. The SMILES string of the molecule is O=C(NC(=S)N1C(=O)c2ccccc2C1=O)c1ccc(Cl)cc1. The van der Waals surface area contributed by atoms with Gasteiger partial charge in [-0.2, -0.15) is 0 Å². The summed E-state index contributed by atoms with van der Waals surface area (Å²) in [5.74, 6) is -1.62. The van der Waals surface area contributed by atoms with Crippen LogP contribution in [0.5, 0.6) is 0 Å². The molecule has 0 spiro atoms. The number of hydrogen-bond donors (Lipinski definition) is 1. The van der Waals surface area contributed by atoms with Gasteiger partial charge >= 0.3 is 0 Å². The summed E-state index contributed by atoms with van der Waals surface area (Å²) in [4.78, 5) is 37.4. The summed E-state index contributed by atoms with van der Waals surface area (Å²) in [6.07, 6.45) is 0. The van der Waals surface area contributed by atoms with Crippen molar-refractivity contribution in [2.45, 2.75) is 0 Å². The second-order valence-corrected chi connectivity index (χ2v) is 5.58. The summed E-state index contributed by atoms with van der Waals surface area (Å²) < 4.78 is 0. The molecule has 2 aromatic rings. The van der Waals surface area contributed by atoms with Gasteiger partial charge in [0.2, 0.25) is 0 Å². The van der Waals surface area contributed by atoms with Gasteiger partial charge in [0.25, 0.3) is 17.7 Å². The standard InChI is InChI=1S/C16H9ClN2O3S/c17-10-7-5-9(6-8-10)13(20)18-16(23)19-14(21)11-3-1-2-4-12(11)15(19)22/h1-8H,(H,18,20,23). The van der Waals surface area contributed by atoms with Gasteiger partial charge in [-0.15, -0.1) is 0 Å². The van der Waals surface area contributed by atoms with E-state index in [4.69, 9.17) is 23.8 Å². The molecule has 0 saturated carbocycles. The van der Waals surface area contributed by atoms with Crippen LogP contribution in [0.3, 0.4) is 0 Å². The molecule has 0 saturated heterocycles. The molecule has 1 N–H and O–H groups in total. The quantitative estimate of drug-likeness (QED) is 0.638. The maximum absolute atomic E-state index is 12.3. The van der Waals surface area contributed by atoms with Crippen LogP contribution in [0.1, 0.15) is 31.1 Å². The summed E-state index contributed by atoms with van der Waals surface area (Å²) in [7, 11) is 0. The fourth-order valence-corrected chi connectivity index (χ4v) is 2.58. The first-order valence-electron chi connectivity index (χ1n) is 6.58. The lowest BCUT2D eigenvalue weighted by molar-refractivity contribution is 0.0747. The van der Waals surface area contributed by atoms with E-state index < -0.39 is 17.7 Å². The number of thiocarbonyl (C=S) groups is 1. The van der Waals surface area contributed by atoms with Crippen molar-refractivity contribution in [1.29, 1.82) is 0 Å². The van der Waals surface area contributed by atoms with Gasteiger partial charge in [-0.1, -0.05) is 23.7 Å². The van der Waals surface area contributed by atoms with Gasteiger partial charge in [0.1, 0.15) is 0 Å². The molecule has 1 heterocycles. The molecule has 3 amide bonds. The molecule has 3 rings (SSSR count). The van der Waals surface area contributed by atoms with Crippen molar-refractivity contribution in [2.75, 3.05) is 0 Å². The monoisotopic (exact) mass is 344 g/mol. The molecule has 0 aromatic heterocycles. The molecule has 0 aliphatic carbocycles. The van der Waals surface area contributed by atoms with Crippen LogP contribution in [-0.4, -0.2) is 27.7 Å². The normalized spacial score (nSPS) is 13.0. The van der Waals surface area contributed by atoms with E-state index in [9.17, 15) is 14.4 Å². The molecule has 5 nitrogen and oxygen atoms in total. The Labute approximate surface area is 141 Å². The summed E-state index contributed by atoms with van der Waals surface area (Å²) in [6, 6.07) is 12.5. The first-order chi connectivity index (χ1) is 11.0. The molecule has 7 heteroatoms. The van der Waals surface area contributed by atoms with Crippen LogP contribution < -0.4 is 5.32 Å². The lowest BCUT2D eigenvalue weighted by atomic mass is 10.1. The van der Waals surface area contributed by atoms with E-state index in [1.54, 1.807) is 36.4 Å². The Morgan fingerprint density at radius 2 is 1.48 bits per heavy atom. The number of hydrogen-bond acceptors (Lipinski definition) is 4. The third kappa shape index (κ3) is 2.74. The van der Waals surface area contributed by atoms with E-state index >= 15 is 0 Å². The third-order valence-electron chi connectivity index (χ3n) is 3.32. The fraction of sp³-hybridized carbons (Fsp3) is 0. The fourth-order valence-electron chi connectivity index (χ4n) is 2.20. The number of carbonyl (C=O) groups is 3. The average Bonchev–Trinajstić information content (AvgIpc) is 2.80. The van der Waals surface area contributed by atoms with E-state index in [1.807, 2.05) is 0 Å². The van der Waals surface area contributed by atoms with Crippen LogP contribution in [0, 0.1) is 0 Å². The van der Waals surface area contributed by atoms with Crippen molar-refractivity contribution in [3.05, 3.63) is 70.2 Å². The van der Waals surface area contributed by atoms with Gasteiger partial charge in [-0.3, -0.25) is 19.7 Å². The number of carbonyl (C=O) groups excluding carboxylic acids is 3. The number of amides is 3. The molecule has 0 fully saturated rings. The van der Waals surface area contributed by atoms with Gasteiger partial charge in [-0.25, -0.2) is 4.90 Å². The number of halogens is 1. The number of nitrogens with one attached hydrogen (secondary N) is 1. The largest absolute Gasteiger partial charge is 0.298 e. The van der Waals surface area contributed by atoms with Gasteiger partial charge in [0.05, 0.1) is 11.1 Å². The minimum absolute atomic E-state index is 0.254. The number of benzene rings is 2. The van der Waals surface area contributed by atoms with Crippen molar-refractivity contribution < 1.29 is 14.4 Å². The molecule has 114 valence electrons. The number of nitrogens with zero attached hydrogens (tertiary/aromatic N) is 1. The van der Waals surface area contributed by atoms with Crippen LogP contribution in [-0.2, 0) is 0 Å². The third-order valence-corrected chi connectivity index (χ3v) is 3.86. The second-order valence-electron chi connectivity index (χ2n) is 4.76. The van der Waals surface area contributed by atoms with Gasteiger partial charge in [-0.05, 0) is 48.6 Å². The highest BCUT2D eigenvalue weighted by atomic mass is 35.5. The molecule has 1 aliphatic rings. The van der Waals surface area contributed by atoms with Crippen molar-refractivity contribution in [2.24, 2.45) is 0 Å². The summed E-state index contributed by atoms with van der Waals surface area (Å²) in [5, 5.41) is 2.62. The average molecular weight is 345 g/mol. The molecule has 2 aromatic carbocycles. The molecular weight excluding hydrogens is 336 g/mol.